The average Bonchev–Trinajstić information content (AvgIpc) is 3.22. The van der Waals surface area contributed by atoms with Crippen molar-refractivity contribution in [3.05, 3.63) is 30.1 Å². The number of rotatable bonds is 3. The number of anilines is 1. The first kappa shape index (κ1) is 15.7. The zero-order valence-corrected chi connectivity index (χ0v) is 14.3. The van der Waals surface area contributed by atoms with Crippen molar-refractivity contribution in [3.8, 4) is 11.4 Å². The molecule has 6 nitrogen and oxygen atoms in total. The number of amides is 1. The first-order valence-electron chi connectivity index (χ1n) is 8.46. The van der Waals surface area contributed by atoms with E-state index in [1.165, 1.54) is 19.3 Å². The molecular weight excluding hydrogens is 322 g/mol. The van der Waals surface area contributed by atoms with Crippen LogP contribution in [0, 0.1) is 0 Å². The van der Waals surface area contributed by atoms with E-state index in [9.17, 15) is 4.79 Å². The predicted molar refractivity (Wildman–Crippen MR) is 95.9 cm³/mol. The molecule has 24 heavy (non-hydrogen) atoms. The molecule has 0 saturated carbocycles. The Morgan fingerprint density at radius 3 is 2.88 bits per heavy atom. The lowest BCUT2D eigenvalue weighted by Gasteiger charge is -2.11. The van der Waals surface area contributed by atoms with E-state index in [1.54, 1.807) is 11.8 Å². The van der Waals surface area contributed by atoms with Gasteiger partial charge in [0.05, 0.1) is 6.04 Å². The maximum atomic E-state index is 12.1. The van der Waals surface area contributed by atoms with Crippen molar-refractivity contribution in [3.63, 3.8) is 0 Å². The van der Waals surface area contributed by atoms with Gasteiger partial charge in [-0.15, -0.1) is 22.0 Å². The molecule has 0 radical (unpaired) electrons. The van der Waals surface area contributed by atoms with E-state index >= 15 is 0 Å². The first-order valence-corrected chi connectivity index (χ1v) is 9.61. The molecule has 1 aromatic carbocycles. The smallest absolute Gasteiger partial charge is 0.242 e. The lowest BCUT2D eigenvalue weighted by molar-refractivity contribution is -0.117. The number of carbonyl (C=O) groups is 1. The summed E-state index contributed by atoms with van der Waals surface area (Å²) in [7, 11) is 0. The summed E-state index contributed by atoms with van der Waals surface area (Å²) in [5, 5.41) is 14.9. The highest BCUT2D eigenvalue weighted by atomic mass is 32.2. The molecule has 0 aliphatic carbocycles. The molecule has 1 aromatic heterocycles. The van der Waals surface area contributed by atoms with E-state index in [2.05, 4.69) is 25.4 Å². The third-order valence-corrected chi connectivity index (χ3v) is 5.49. The lowest BCUT2D eigenvalue weighted by Crippen LogP contribution is -2.37. The molecule has 2 aliphatic heterocycles. The van der Waals surface area contributed by atoms with Crippen molar-refractivity contribution in [2.75, 3.05) is 16.9 Å². The quantitative estimate of drug-likeness (QED) is 0.894. The minimum atomic E-state index is -0.0954. The Labute approximate surface area is 145 Å². The molecular formula is C17H21N5OS. The molecule has 126 valence electrons. The fourth-order valence-electron chi connectivity index (χ4n) is 3.19. The molecule has 2 aliphatic rings. The molecule has 0 spiro atoms. The van der Waals surface area contributed by atoms with E-state index < -0.39 is 0 Å². The van der Waals surface area contributed by atoms with Crippen LogP contribution in [0.3, 0.4) is 0 Å². The van der Waals surface area contributed by atoms with Gasteiger partial charge >= 0.3 is 0 Å². The van der Waals surface area contributed by atoms with E-state index in [0.717, 1.165) is 47.5 Å². The topological polar surface area (TPSA) is 71.8 Å². The third-order valence-electron chi connectivity index (χ3n) is 4.55. The number of nitrogens with one attached hydrogen (secondary N) is 2. The summed E-state index contributed by atoms with van der Waals surface area (Å²) >= 11 is 1.75. The van der Waals surface area contributed by atoms with Crippen LogP contribution in [0.5, 0.6) is 0 Å². The number of aryl methyl sites for hydroxylation is 1. The fraction of sp³-hybridized carbons (Fsp3) is 0.471. The van der Waals surface area contributed by atoms with Gasteiger partial charge in [-0.1, -0.05) is 6.42 Å². The van der Waals surface area contributed by atoms with E-state index in [-0.39, 0.29) is 11.9 Å². The Balaban J connectivity index is 1.50. The first-order chi connectivity index (χ1) is 11.8. The van der Waals surface area contributed by atoms with Gasteiger partial charge in [0.15, 0.2) is 5.82 Å². The molecule has 1 fully saturated rings. The number of benzene rings is 1. The molecule has 1 unspecified atom stereocenters. The van der Waals surface area contributed by atoms with Crippen LogP contribution in [-0.4, -0.2) is 38.3 Å². The lowest BCUT2D eigenvalue weighted by atomic mass is 10.2. The Hall–Kier alpha value is -1.86. The average molecular weight is 343 g/mol. The summed E-state index contributed by atoms with van der Waals surface area (Å²) in [6.07, 6.45) is 4.63. The number of aromatic nitrogens is 3. The molecule has 1 saturated heterocycles. The van der Waals surface area contributed by atoms with Crippen LogP contribution in [0.4, 0.5) is 5.69 Å². The number of fused-ring (bicyclic) bond motifs is 1. The summed E-state index contributed by atoms with van der Waals surface area (Å²) in [5.41, 5.74) is 1.86. The Kier molecular flexibility index (Phi) is 4.53. The number of hydrogen-bond acceptors (Lipinski definition) is 5. The van der Waals surface area contributed by atoms with Gasteiger partial charge in [-0.05, 0) is 37.1 Å². The van der Waals surface area contributed by atoms with Crippen LogP contribution >= 0.6 is 11.8 Å². The summed E-state index contributed by atoms with van der Waals surface area (Å²) in [4.78, 5) is 12.1. The van der Waals surface area contributed by atoms with Crippen molar-refractivity contribution in [1.82, 2.24) is 20.1 Å². The van der Waals surface area contributed by atoms with Gasteiger partial charge in [0.25, 0.3) is 0 Å². The van der Waals surface area contributed by atoms with E-state index in [1.807, 2.05) is 24.3 Å². The summed E-state index contributed by atoms with van der Waals surface area (Å²) in [6, 6.07) is 7.80. The zero-order chi connectivity index (χ0) is 16.4. The highest BCUT2D eigenvalue weighted by Gasteiger charge is 2.22. The molecule has 1 amide bonds. The number of nitrogens with zero attached hydrogens (tertiary/aromatic N) is 3. The molecule has 2 N–H and O–H groups in total. The fourth-order valence-corrected chi connectivity index (χ4v) is 4.14. The van der Waals surface area contributed by atoms with Crippen LogP contribution in [0.1, 0.15) is 25.1 Å². The zero-order valence-electron chi connectivity index (χ0n) is 13.5. The molecule has 4 rings (SSSR count). The molecule has 2 aromatic rings. The monoisotopic (exact) mass is 343 g/mol. The molecule has 0 bridgehead atoms. The van der Waals surface area contributed by atoms with Crippen LogP contribution in [0.15, 0.2) is 24.3 Å². The Morgan fingerprint density at radius 1 is 1.21 bits per heavy atom. The van der Waals surface area contributed by atoms with Crippen molar-refractivity contribution >= 4 is 23.4 Å². The summed E-state index contributed by atoms with van der Waals surface area (Å²) in [6.45, 7) is 0.987. The van der Waals surface area contributed by atoms with Gasteiger partial charge in [0, 0.05) is 35.8 Å². The Morgan fingerprint density at radius 2 is 2.08 bits per heavy atom. The largest absolute Gasteiger partial charge is 0.325 e. The normalized spacial score (nSPS) is 20.4. The highest BCUT2D eigenvalue weighted by Crippen LogP contribution is 2.24. The second kappa shape index (κ2) is 6.94. The van der Waals surface area contributed by atoms with Crippen LogP contribution in [0.2, 0.25) is 0 Å². The number of carbonyl (C=O) groups excluding carboxylic acids is 1. The van der Waals surface area contributed by atoms with Crippen LogP contribution in [-0.2, 0) is 17.8 Å². The van der Waals surface area contributed by atoms with E-state index in [0.29, 0.717) is 0 Å². The molecule has 3 heterocycles. The molecule has 1 atom stereocenters. The van der Waals surface area contributed by atoms with Crippen molar-refractivity contribution < 1.29 is 4.79 Å². The van der Waals surface area contributed by atoms with Gasteiger partial charge in [0.1, 0.15) is 5.82 Å². The van der Waals surface area contributed by atoms with Gasteiger partial charge in [-0.25, -0.2) is 0 Å². The highest BCUT2D eigenvalue weighted by molar-refractivity contribution is 7.99. The van der Waals surface area contributed by atoms with Crippen LogP contribution in [0.25, 0.3) is 11.4 Å². The van der Waals surface area contributed by atoms with Crippen molar-refractivity contribution in [1.29, 1.82) is 0 Å². The predicted octanol–water partition coefficient (Wildman–Crippen LogP) is 2.27. The SMILES string of the molecule is O=C(Nc1ccc(-c2nnc3n2CCCCC3)cc1)C1CSCN1. The third kappa shape index (κ3) is 3.18. The summed E-state index contributed by atoms with van der Waals surface area (Å²) in [5.74, 6) is 3.72. The van der Waals surface area contributed by atoms with Gasteiger partial charge in [-0.3, -0.25) is 10.1 Å². The number of hydrogen-bond donors (Lipinski definition) is 2. The van der Waals surface area contributed by atoms with Gasteiger partial charge in [-0.2, -0.15) is 0 Å². The molecule has 7 heteroatoms. The van der Waals surface area contributed by atoms with Gasteiger partial charge in [0.2, 0.25) is 5.91 Å². The van der Waals surface area contributed by atoms with Crippen LogP contribution < -0.4 is 10.6 Å². The van der Waals surface area contributed by atoms with Crippen molar-refractivity contribution in [2.24, 2.45) is 0 Å². The van der Waals surface area contributed by atoms with Crippen molar-refractivity contribution in [2.45, 2.75) is 38.3 Å². The maximum absolute atomic E-state index is 12.1. The van der Waals surface area contributed by atoms with E-state index in [4.69, 9.17) is 0 Å². The number of thioether (sulfide) groups is 1. The minimum absolute atomic E-state index is 0.0316. The Bertz CT molecular complexity index is 721. The summed E-state index contributed by atoms with van der Waals surface area (Å²) < 4.78 is 2.24. The van der Waals surface area contributed by atoms with Gasteiger partial charge < -0.3 is 9.88 Å². The second-order valence-electron chi connectivity index (χ2n) is 6.24. The standard InChI is InChI=1S/C17H21N5OS/c23-17(14-10-24-11-18-14)19-13-7-5-12(6-8-13)16-21-20-15-4-2-1-3-9-22(15)16/h5-8,14,18H,1-4,9-11H2,(H,19,23). The second-order valence-corrected chi connectivity index (χ2v) is 7.27. The maximum Gasteiger partial charge on any atom is 0.242 e. The minimum Gasteiger partial charge on any atom is -0.325 e.